The van der Waals surface area contributed by atoms with E-state index in [0.717, 1.165) is 0 Å². The highest BCUT2D eigenvalue weighted by Gasteiger charge is 2.03. The van der Waals surface area contributed by atoms with E-state index in [2.05, 4.69) is 11.8 Å². The van der Waals surface area contributed by atoms with Crippen LogP contribution in [0.4, 0.5) is 4.39 Å². The number of ether oxygens (including phenoxy) is 2. The van der Waals surface area contributed by atoms with Crippen LogP contribution in [0, 0.1) is 17.7 Å². The summed E-state index contributed by atoms with van der Waals surface area (Å²) in [6, 6.07) is 4.24. The van der Waals surface area contributed by atoms with E-state index in [1.54, 1.807) is 6.07 Å². The van der Waals surface area contributed by atoms with Crippen LogP contribution in [0.15, 0.2) is 18.2 Å². The van der Waals surface area contributed by atoms with Crippen LogP contribution in [-0.2, 0) is 4.74 Å². The molecule has 0 fully saturated rings. The predicted octanol–water partition coefficient (Wildman–Crippen LogP) is 1.94. The lowest BCUT2D eigenvalue weighted by atomic mass is 10.2. The van der Waals surface area contributed by atoms with Crippen LogP contribution in [0.1, 0.15) is 19.4 Å². The molecule has 3 nitrogen and oxygen atoms in total. The first-order chi connectivity index (χ1) is 8.63. The Hall–Kier alpha value is -1.57. The van der Waals surface area contributed by atoms with Gasteiger partial charge in [0.2, 0.25) is 0 Å². The Kier molecular flexibility index (Phi) is 6.20. The molecule has 4 heteroatoms. The maximum Gasteiger partial charge on any atom is 0.137 e. The highest BCUT2D eigenvalue weighted by Crippen LogP contribution is 2.18. The number of benzene rings is 1. The molecule has 0 aliphatic carbocycles. The molecule has 18 heavy (non-hydrogen) atoms. The van der Waals surface area contributed by atoms with Gasteiger partial charge in [0.05, 0.1) is 24.8 Å². The van der Waals surface area contributed by atoms with Crippen molar-refractivity contribution in [3.63, 3.8) is 0 Å². The van der Waals surface area contributed by atoms with Crippen molar-refractivity contribution in [2.75, 3.05) is 19.8 Å². The van der Waals surface area contributed by atoms with Gasteiger partial charge in [0.25, 0.3) is 0 Å². The van der Waals surface area contributed by atoms with E-state index >= 15 is 0 Å². The average Bonchev–Trinajstić information content (AvgIpc) is 2.33. The van der Waals surface area contributed by atoms with Crippen molar-refractivity contribution in [2.45, 2.75) is 20.0 Å². The molecule has 0 heterocycles. The molecule has 0 saturated heterocycles. The molecule has 0 radical (unpaired) electrons. The van der Waals surface area contributed by atoms with Gasteiger partial charge in [-0.2, -0.15) is 0 Å². The van der Waals surface area contributed by atoms with Crippen molar-refractivity contribution in [1.82, 2.24) is 0 Å². The van der Waals surface area contributed by atoms with Crippen molar-refractivity contribution in [3.8, 4) is 17.6 Å². The number of halogens is 1. The highest BCUT2D eigenvalue weighted by molar-refractivity contribution is 5.46. The molecule has 0 aliphatic heterocycles. The lowest BCUT2D eigenvalue weighted by Gasteiger charge is -2.10. The van der Waals surface area contributed by atoms with Crippen molar-refractivity contribution >= 4 is 0 Å². The zero-order valence-electron chi connectivity index (χ0n) is 10.7. The fourth-order valence-corrected chi connectivity index (χ4v) is 1.30. The van der Waals surface area contributed by atoms with Gasteiger partial charge in [0.1, 0.15) is 18.2 Å². The van der Waals surface area contributed by atoms with Crippen molar-refractivity contribution in [1.29, 1.82) is 0 Å². The molecule has 0 aromatic heterocycles. The van der Waals surface area contributed by atoms with Gasteiger partial charge in [-0.05, 0) is 26.0 Å². The van der Waals surface area contributed by atoms with Gasteiger partial charge < -0.3 is 15.2 Å². The minimum atomic E-state index is -0.354. The molecule has 0 atom stereocenters. The number of hydrogen-bond donors (Lipinski definition) is 1. The van der Waals surface area contributed by atoms with Crippen LogP contribution < -0.4 is 10.5 Å². The third-order valence-corrected chi connectivity index (χ3v) is 2.06. The summed E-state index contributed by atoms with van der Waals surface area (Å²) in [6.07, 6.45) is 0.151. The summed E-state index contributed by atoms with van der Waals surface area (Å²) in [5, 5.41) is 0. The summed E-state index contributed by atoms with van der Waals surface area (Å²) in [7, 11) is 0. The minimum absolute atomic E-state index is 0.151. The number of rotatable bonds is 5. The maximum absolute atomic E-state index is 13.1. The molecule has 2 N–H and O–H groups in total. The lowest BCUT2D eigenvalue weighted by Crippen LogP contribution is -2.11. The Morgan fingerprint density at radius 1 is 1.33 bits per heavy atom. The topological polar surface area (TPSA) is 44.5 Å². The van der Waals surface area contributed by atoms with Crippen LogP contribution in [0.3, 0.4) is 0 Å². The number of nitrogens with two attached hydrogens (primary N) is 1. The lowest BCUT2D eigenvalue weighted by molar-refractivity contribution is 0.0551. The van der Waals surface area contributed by atoms with Crippen LogP contribution in [0.25, 0.3) is 0 Å². The van der Waals surface area contributed by atoms with Gasteiger partial charge in [0.15, 0.2) is 0 Å². The maximum atomic E-state index is 13.1. The Labute approximate surface area is 107 Å². The SMILES string of the molecule is CC(C)OCCOc1cc(F)ccc1C#CCN. The Bertz CT molecular complexity index is 435. The van der Waals surface area contributed by atoms with Crippen molar-refractivity contribution in [3.05, 3.63) is 29.6 Å². The third-order valence-electron chi connectivity index (χ3n) is 2.06. The van der Waals surface area contributed by atoms with Gasteiger partial charge in [-0.3, -0.25) is 0 Å². The highest BCUT2D eigenvalue weighted by atomic mass is 19.1. The Morgan fingerprint density at radius 3 is 2.78 bits per heavy atom. The van der Waals surface area contributed by atoms with Gasteiger partial charge >= 0.3 is 0 Å². The molecule has 0 bridgehead atoms. The normalized spacial score (nSPS) is 10.1. The largest absolute Gasteiger partial charge is 0.490 e. The smallest absolute Gasteiger partial charge is 0.137 e. The number of hydrogen-bond acceptors (Lipinski definition) is 3. The predicted molar refractivity (Wildman–Crippen MR) is 68.9 cm³/mol. The van der Waals surface area contributed by atoms with Gasteiger partial charge in [-0.1, -0.05) is 11.8 Å². The van der Waals surface area contributed by atoms with Crippen LogP contribution in [0.2, 0.25) is 0 Å². The molecule has 0 amide bonds. The molecule has 1 aromatic carbocycles. The Morgan fingerprint density at radius 2 is 2.11 bits per heavy atom. The van der Waals surface area contributed by atoms with E-state index < -0.39 is 0 Å². The standard InChI is InChI=1S/C14H18FNO2/c1-11(2)17-8-9-18-14-10-13(15)6-5-12(14)4-3-7-16/h5-6,10-11H,7-9,16H2,1-2H3. The van der Waals surface area contributed by atoms with Crippen LogP contribution in [-0.4, -0.2) is 25.9 Å². The van der Waals surface area contributed by atoms with E-state index in [9.17, 15) is 4.39 Å². The van der Waals surface area contributed by atoms with Gasteiger partial charge in [-0.15, -0.1) is 0 Å². The third kappa shape index (κ3) is 5.17. The molecule has 1 aromatic rings. The zero-order chi connectivity index (χ0) is 13.4. The van der Waals surface area contributed by atoms with Crippen molar-refractivity contribution in [2.24, 2.45) is 5.73 Å². The summed E-state index contributed by atoms with van der Waals surface area (Å²) >= 11 is 0. The molecule has 0 aliphatic rings. The monoisotopic (exact) mass is 251 g/mol. The fraction of sp³-hybridized carbons (Fsp3) is 0.429. The summed E-state index contributed by atoms with van der Waals surface area (Å²) in [5.41, 5.74) is 5.93. The van der Waals surface area contributed by atoms with Crippen molar-refractivity contribution < 1.29 is 13.9 Å². The second-order valence-electron chi connectivity index (χ2n) is 3.91. The summed E-state index contributed by atoms with van der Waals surface area (Å²) < 4.78 is 23.9. The second-order valence-corrected chi connectivity index (χ2v) is 3.91. The van der Waals surface area contributed by atoms with Crippen LogP contribution >= 0.6 is 0 Å². The average molecular weight is 251 g/mol. The summed E-state index contributed by atoms with van der Waals surface area (Å²) in [5.74, 6) is 5.63. The van der Waals surface area contributed by atoms with E-state index in [4.69, 9.17) is 15.2 Å². The first-order valence-electron chi connectivity index (χ1n) is 5.86. The van der Waals surface area contributed by atoms with E-state index in [-0.39, 0.29) is 18.5 Å². The van der Waals surface area contributed by atoms with Gasteiger partial charge in [0, 0.05) is 6.07 Å². The zero-order valence-corrected chi connectivity index (χ0v) is 10.7. The molecule has 0 unspecified atom stereocenters. The first-order valence-corrected chi connectivity index (χ1v) is 5.86. The molecular formula is C14H18FNO2. The Balaban J connectivity index is 2.64. The summed E-state index contributed by atoms with van der Waals surface area (Å²) in [4.78, 5) is 0. The quantitative estimate of drug-likeness (QED) is 0.642. The molecule has 1 rings (SSSR count). The van der Waals surface area contributed by atoms with E-state index in [1.165, 1.54) is 12.1 Å². The van der Waals surface area contributed by atoms with Crippen LogP contribution in [0.5, 0.6) is 5.75 Å². The van der Waals surface area contributed by atoms with E-state index in [0.29, 0.717) is 24.5 Å². The van der Waals surface area contributed by atoms with E-state index in [1.807, 2.05) is 13.8 Å². The van der Waals surface area contributed by atoms with Gasteiger partial charge in [-0.25, -0.2) is 4.39 Å². The molecule has 98 valence electrons. The first kappa shape index (κ1) is 14.5. The molecule has 0 saturated carbocycles. The minimum Gasteiger partial charge on any atom is -0.490 e. The fourth-order valence-electron chi connectivity index (χ4n) is 1.30. The molecule has 0 spiro atoms. The molecular weight excluding hydrogens is 233 g/mol. The summed E-state index contributed by atoms with van der Waals surface area (Å²) in [6.45, 7) is 4.96. The second kappa shape index (κ2) is 7.70.